The third kappa shape index (κ3) is 1.43. The first kappa shape index (κ1) is 10.8. The van der Waals surface area contributed by atoms with Gasteiger partial charge in [-0.25, -0.2) is 0 Å². The van der Waals surface area contributed by atoms with Crippen molar-refractivity contribution in [3.63, 3.8) is 0 Å². The molecule has 1 aliphatic rings. The topological polar surface area (TPSA) is 77.8 Å². The van der Waals surface area contributed by atoms with E-state index in [1.807, 2.05) is 0 Å². The lowest BCUT2D eigenvalue weighted by atomic mass is 9.79. The summed E-state index contributed by atoms with van der Waals surface area (Å²) in [7, 11) is -1.64. The van der Waals surface area contributed by atoms with E-state index in [4.69, 9.17) is 10.0 Å². The molecule has 0 bridgehead atoms. The van der Waals surface area contributed by atoms with Crippen LogP contribution in [0.5, 0.6) is 0 Å². The van der Waals surface area contributed by atoms with Crippen molar-refractivity contribution in [3.8, 4) is 0 Å². The summed E-state index contributed by atoms with van der Waals surface area (Å²) in [5.41, 5.74) is 0.756. The minimum absolute atomic E-state index is 0.206. The number of amides is 2. The predicted molar refractivity (Wildman–Crippen MR) is 57.3 cm³/mol. The van der Waals surface area contributed by atoms with Crippen LogP contribution in [0.3, 0.4) is 0 Å². The van der Waals surface area contributed by atoms with Gasteiger partial charge in [0.15, 0.2) is 0 Å². The first-order chi connectivity index (χ1) is 7.56. The van der Waals surface area contributed by atoms with Crippen molar-refractivity contribution in [2.45, 2.75) is 6.92 Å². The Kier molecular flexibility index (Phi) is 2.53. The van der Waals surface area contributed by atoms with Gasteiger partial charge in [0.05, 0.1) is 11.1 Å². The van der Waals surface area contributed by atoms with Gasteiger partial charge in [-0.3, -0.25) is 14.5 Å². The molecule has 0 spiro atoms. The molecule has 0 unspecified atom stereocenters. The molecular weight excluding hydrogens is 209 g/mol. The van der Waals surface area contributed by atoms with Gasteiger partial charge in [-0.05, 0) is 24.5 Å². The van der Waals surface area contributed by atoms with Crippen molar-refractivity contribution >= 4 is 24.4 Å². The molecule has 0 radical (unpaired) electrons. The average Bonchev–Trinajstić information content (AvgIpc) is 2.51. The summed E-state index contributed by atoms with van der Waals surface area (Å²) in [4.78, 5) is 24.6. The Balaban J connectivity index is 2.52. The van der Waals surface area contributed by atoms with Crippen LogP contribution in [0.25, 0.3) is 0 Å². The summed E-state index contributed by atoms with van der Waals surface area (Å²) >= 11 is 0. The van der Waals surface area contributed by atoms with Crippen LogP contribution in [0, 0.1) is 0 Å². The summed E-state index contributed by atoms with van der Waals surface area (Å²) in [6, 6.07) is 4.21. The molecule has 6 heteroatoms. The molecule has 1 heterocycles. The van der Waals surface area contributed by atoms with Gasteiger partial charge in [-0.1, -0.05) is 6.07 Å². The van der Waals surface area contributed by atoms with Crippen LogP contribution in [0.1, 0.15) is 27.6 Å². The van der Waals surface area contributed by atoms with Gasteiger partial charge < -0.3 is 10.0 Å². The molecule has 0 saturated heterocycles. The number of hydrogen-bond acceptors (Lipinski definition) is 4. The molecule has 1 aromatic rings. The number of fused-ring (bicyclic) bond motifs is 1. The monoisotopic (exact) mass is 219 g/mol. The lowest BCUT2D eigenvalue weighted by molar-refractivity contribution is 0.0663. The van der Waals surface area contributed by atoms with Gasteiger partial charge >= 0.3 is 7.12 Å². The smallest absolute Gasteiger partial charge is 0.423 e. The van der Waals surface area contributed by atoms with E-state index in [0.717, 1.165) is 4.90 Å². The second kappa shape index (κ2) is 3.73. The number of carbonyl (C=O) groups is 2. The molecule has 2 N–H and O–H groups in total. The van der Waals surface area contributed by atoms with E-state index in [9.17, 15) is 9.59 Å². The van der Waals surface area contributed by atoms with Crippen molar-refractivity contribution < 1.29 is 19.6 Å². The van der Waals surface area contributed by atoms with E-state index in [1.165, 1.54) is 18.2 Å². The van der Waals surface area contributed by atoms with Crippen LogP contribution in [0.4, 0.5) is 0 Å². The fraction of sp³-hybridized carbons (Fsp3) is 0.200. The third-order valence-electron chi connectivity index (χ3n) is 2.61. The number of nitrogens with zero attached hydrogens (tertiary/aromatic N) is 1. The lowest BCUT2D eigenvalue weighted by Gasteiger charge is -2.08. The van der Waals surface area contributed by atoms with E-state index in [0.29, 0.717) is 12.1 Å². The summed E-state index contributed by atoms with van der Waals surface area (Å²) in [6.07, 6.45) is 0. The SMILES string of the molecule is CCN1C(=O)c2ccc(B(O)O)cc2C1=O. The quantitative estimate of drug-likeness (QED) is 0.493. The van der Waals surface area contributed by atoms with Gasteiger partial charge in [0, 0.05) is 6.54 Å². The highest BCUT2D eigenvalue weighted by atomic mass is 16.4. The van der Waals surface area contributed by atoms with Gasteiger partial charge in [0.25, 0.3) is 11.8 Å². The maximum Gasteiger partial charge on any atom is 0.488 e. The minimum atomic E-state index is -1.64. The molecule has 2 amide bonds. The Labute approximate surface area is 92.4 Å². The zero-order valence-corrected chi connectivity index (χ0v) is 8.67. The van der Waals surface area contributed by atoms with Crippen LogP contribution in [0.15, 0.2) is 18.2 Å². The molecule has 0 atom stereocenters. The first-order valence-corrected chi connectivity index (χ1v) is 4.92. The van der Waals surface area contributed by atoms with Crippen molar-refractivity contribution in [2.75, 3.05) is 6.54 Å². The molecule has 5 nitrogen and oxygen atoms in total. The van der Waals surface area contributed by atoms with Crippen molar-refractivity contribution in [1.29, 1.82) is 0 Å². The third-order valence-corrected chi connectivity index (χ3v) is 2.61. The number of rotatable bonds is 2. The Morgan fingerprint density at radius 2 is 1.81 bits per heavy atom. The molecule has 0 aromatic heterocycles. The molecule has 2 rings (SSSR count). The molecule has 0 aliphatic carbocycles. The number of benzene rings is 1. The number of imide groups is 1. The molecule has 16 heavy (non-hydrogen) atoms. The number of hydrogen-bond donors (Lipinski definition) is 2. The fourth-order valence-electron chi connectivity index (χ4n) is 1.76. The Morgan fingerprint density at radius 1 is 1.19 bits per heavy atom. The van der Waals surface area contributed by atoms with E-state index < -0.39 is 7.12 Å². The lowest BCUT2D eigenvalue weighted by Crippen LogP contribution is -2.31. The van der Waals surface area contributed by atoms with Crippen LogP contribution >= 0.6 is 0 Å². The van der Waals surface area contributed by atoms with Crippen molar-refractivity contribution in [3.05, 3.63) is 29.3 Å². The van der Waals surface area contributed by atoms with E-state index in [-0.39, 0.29) is 22.8 Å². The van der Waals surface area contributed by atoms with E-state index in [1.54, 1.807) is 6.92 Å². The first-order valence-electron chi connectivity index (χ1n) is 4.92. The minimum Gasteiger partial charge on any atom is -0.423 e. The molecule has 1 aliphatic heterocycles. The normalized spacial score (nSPS) is 14.3. The van der Waals surface area contributed by atoms with Gasteiger partial charge in [-0.15, -0.1) is 0 Å². The second-order valence-corrected chi connectivity index (χ2v) is 3.53. The van der Waals surface area contributed by atoms with Gasteiger partial charge in [0.1, 0.15) is 0 Å². The van der Waals surface area contributed by atoms with Crippen LogP contribution in [0.2, 0.25) is 0 Å². The zero-order valence-electron chi connectivity index (χ0n) is 8.67. The maximum absolute atomic E-state index is 11.8. The standard InChI is InChI=1S/C10H10BNO4/c1-2-12-9(13)7-4-3-6(11(15)16)5-8(7)10(12)14/h3-5,15-16H,2H2,1H3. The van der Waals surface area contributed by atoms with Crippen molar-refractivity contribution in [1.82, 2.24) is 4.90 Å². The van der Waals surface area contributed by atoms with Crippen LogP contribution in [-0.2, 0) is 0 Å². The second-order valence-electron chi connectivity index (χ2n) is 3.53. The zero-order chi connectivity index (χ0) is 11.9. The van der Waals surface area contributed by atoms with Crippen LogP contribution < -0.4 is 5.46 Å². The van der Waals surface area contributed by atoms with E-state index in [2.05, 4.69) is 0 Å². The number of carbonyl (C=O) groups excluding carboxylic acids is 2. The Morgan fingerprint density at radius 3 is 2.38 bits per heavy atom. The Bertz CT molecular complexity index is 472. The summed E-state index contributed by atoms with van der Waals surface area (Å²) in [5, 5.41) is 18.0. The molecular formula is C10H10BNO4. The average molecular weight is 219 g/mol. The summed E-state index contributed by atoms with van der Waals surface area (Å²) < 4.78 is 0. The van der Waals surface area contributed by atoms with E-state index >= 15 is 0 Å². The highest BCUT2D eigenvalue weighted by Crippen LogP contribution is 2.21. The van der Waals surface area contributed by atoms with Gasteiger partial charge in [-0.2, -0.15) is 0 Å². The van der Waals surface area contributed by atoms with Gasteiger partial charge in [0.2, 0.25) is 0 Å². The predicted octanol–water partition coefficient (Wildman–Crippen LogP) is -1.02. The molecule has 1 aromatic carbocycles. The highest BCUT2D eigenvalue weighted by Gasteiger charge is 2.34. The molecule has 82 valence electrons. The fourth-order valence-corrected chi connectivity index (χ4v) is 1.76. The maximum atomic E-state index is 11.8. The molecule has 0 fully saturated rings. The highest BCUT2D eigenvalue weighted by molar-refractivity contribution is 6.58. The summed E-state index contributed by atoms with van der Waals surface area (Å²) in [5.74, 6) is -0.716. The summed E-state index contributed by atoms with van der Waals surface area (Å²) in [6.45, 7) is 2.02. The Hall–Kier alpha value is -1.66. The van der Waals surface area contributed by atoms with Crippen LogP contribution in [-0.4, -0.2) is 40.4 Å². The van der Waals surface area contributed by atoms with Crippen molar-refractivity contribution in [2.24, 2.45) is 0 Å². The largest absolute Gasteiger partial charge is 0.488 e. The molecule has 0 saturated carbocycles.